The summed E-state index contributed by atoms with van der Waals surface area (Å²) >= 11 is 5.98. The average molecular weight is 171 g/mol. The molecule has 2 N–H and O–H groups in total. The van der Waals surface area contributed by atoms with Gasteiger partial charge in [-0.3, -0.25) is 0 Å². The van der Waals surface area contributed by atoms with E-state index >= 15 is 0 Å². The fourth-order valence-electron chi connectivity index (χ4n) is 0.295. The van der Waals surface area contributed by atoms with Crippen molar-refractivity contribution in [1.29, 1.82) is 0 Å². The van der Waals surface area contributed by atoms with Crippen molar-refractivity contribution >= 4 is 18.1 Å². The molecule has 9 heavy (non-hydrogen) atoms. The van der Waals surface area contributed by atoms with Crippen LogP contribution >= 0.6 is 18.1 Å². The van der Waals surface area contributed by atoms with E-state index in [9.17, 15) is 0 Å². The van der Waals surface area contributed by atoms with Crippen LogP contribution in [-0.4, -0.2) is 19.1 Å². The first-order valence-corrected chi connectivity index (χ1v) is 6.04. The van der Waals surface area contributed by atoms with E-state index in [2.05, 4.69) is 0 Å². The normalized spacial score (nSPS) is 18.0. The van der Waals surface area contributed by atoms with Gasteiger partial charge in [-0.1, -0.05) is 0 Å². The fourth-order valence-corrected chi connectivity index (χ4v) is 1.05. The van der Waals surface area contributed by atoms with Crippen molar-refractivity contribution in [3.05, 3.63) is 0 Å². The van der Waals surface area contributed by atoms with E-state index in [-0.39, 0.29) is 6.73 Å². The summed E-state index contributed by atoms with van der Waals surface area (Å²) in [4.78, 5) is 0. The van der Waals surface area contributed by atoms with Gasteiger partial charge in [-0.2, -0.15) is 0 Å². The molecule has 0 saturated carbocycles. The summed E-state index contributed by atoms with van der Waals surface area (Å²) < 4.78 is 5.15. The maximum atomic E-state index is 5.98. The Morgan fingerprint density at radius 3 is 2.22 bits per heavy atom. The quantitative estimate of drug-likeness (QED) is 0.520. The molecule has 0 fully saturated rings. The molecule has 0 aromatic rings. The summed E-state index contributed by atoms with van der Waals surface area (Å²) in [7, 11) is 0. The second-order valence-electron chi connectivity index (χ2n) is 2.27. The number of nitrogens with two attached hydrogens (primary N) is 1. The van der Waals surface area contributed by atoms with Gasteiger partial charge in [-0.15, -0.1) is 0 Å². The van der Waals surface area contributed by atoms with Crippen LogP contribution in [-0.2, 0) is 4.52 Å². The molecule has 0 bridgehead atoms. The molecule has 1 atom stereocenters. The highest BCUT2D eigenvalue weighted by Gasteiger charge is 2.35. The molecule has 0 amide bonds. The standard InChI is InChI=1S/C5H14ClNOP/c1-5(2)9(3,6)8-4-7/h5H,4,7H2,1-3H3/q+1. The minimum atomic E-state index is -1.67. The third kappa shape index (κ3) is 3.36. The fraction of sp³-hybridized carbons (Fsp3) is 1.00. The molecule has 0 radical (unpaired) electrons. The highest BCUT2D eigenvalue weighted by Crippen LogP contribution is 2.65. The second kappa shape index (κ2) is 3.72. The summed E-state index contributed by atoms with van der Waals surface area (Å²) in [6, 6.07) is 0. The van der Waals surface area contributed by atoms with Crippen LogP contribution in [0.25, 0.3) is 0 Å². The first-order chi connectivity index (χ1) is 4.00. The molecule has 0 saturated heterocycles. The summed E-state index contributed by atoms with van der Waals surface area (Å²) in [5.74, 6) is 0. The minimum Gasteiger partial charge on any atom is -0.305 e. The Kier molecular flexibility index (Phi) is 3.99. The average Bonchev–Trinajstić information content (AvgIpc) is 1.65. The lowest BCUT2D eigenvalue weighted by molar-refractivity contribution is 0.360. The van der Waals surface area contributed by atoms with Gasteiger partial charge in [-0.25, -0.2) is 4.52 Å². The van der Waals surface area contributed by atoms with Gasteiger partial charge in [0, 0.05) is 0 Å². The number of hydrogen-bond acceptors (Lipinski definition) is 2. The van der Waals surface area contributed by atoms with Crippen LogP contribution in [0.5, 0.6) is 0 Å². The molecule has 0 spiro atoms. The van der Waals surface area contributed by atoms with Gasteiger partial charge in [-0.05, 0) is 13.8 Å². The zero-order valence-corrected chi connectivity index (χ0v) is 7.75. The van der Waals surface area contributed by atoms with Gasteiger partial charge in [0.25, 0.3) is 0 Å². The van der Waals surface area contributed by atoms with Gasteiger partial charge in [0.1, 0.15) is 23.6 Å². The number of hydrogen-bond donors (Lipinski definition) is 1. The zero-order valence-electron chi connectivity index (χ0n) is 6.10. The second-order valence-corrected chi connectivity index (χ2v) is 7.34. The molecular formula is C5H14ClNOP+. The summed E-state index contributed by atoms with van der Waals surface area (Å²) in [5.41, 5.74) is 5.56. The number of halogens is 1. The molecule has 0 aliphatic heterocycles. The van der Waals surface area contributed by atoms with Crippen LogP contribution in [0, 0.1) is 0 Å². The Bertz CT molecular complexity index is 87.0. The Hall–Kier alpha value is 0.640. The van der Waals surface area contributed by atoms with E-state index in [1.54, 1.807) is 0 Å². The molecule has 0 rings (SSSR count). The highest BCUT2D eigenvalue weighted by atomic mass is 35.7. The summed E-state index contributed by atoms with van der Waals surface area (Å²) in [6.45, 7) is 4.56. The van der Waals surface area contributed by atoms with Crippen LogP contribution in [0.2, 0.25) is 0 Å². The van der Waals surface area contributed by atoms with E-state index in [1.807, 2.05) is 20.5 Å². The van der Waals surface area contributed by atoms with Gasteiger partial charge in [0.15, 0.2) is 0 Å². The summed E-state index contributed by atoms with van der Waals surface area (Å²) in [5, 5.41) is 0. The maximum absolute atomic E-state index is 5.98. The largest absolute Gasteiger partial charge is 0.305 e. The lowest BCUT2D eigenvalue weighted by Gasteiger charge is -2.14. The third-order valence-electron chi connectivity index (χ3n) is 1.25. The van der Waals surface area contributed by atoms with Gasteiger partial charge in [0.05, 0.1) is 6.66 Å². The maximum Gasteiger partial charge on any atom is 0.244 e. The zero-order chi connectivity index (χ0) is 7.49. The van der Waals surface area contributed by atoms with E-state index in [1.165, 1.54) is 0 Å². The van der Waals surface area contributed by atoms with E-state index < -0.39 is 6.84 Å². The predicted molar refractivity (Wildman–Crippen MR) is 44.0 cm³/mol. The van der Waals surface area contributed by atoms with Gasteiger partial charge in [0.2, 0.25) is 6.84 Å². The molecule has 56 valence electrons. The third-order valence-corrected chi connectivity index (χ3v) is 5.21. The van der Waals surface area contributed by atoms with E-state index in [0.717, 1.165) is 0 Å². The molecule has 0 heterocycles. The smallest absolute Gasteiger partial charge is 0.244 e. The van der Waals surface area contributed by atoms with E-state index in [4.69, 9.17) is 21.5 Å². The molecular weight excluding hydrogens is 156 g/mol. The molecule has 0 aromatic carbocycles. The van der Waals surface area contributed by atoms with Gasteiger partial charge >= 0.3 is 0 Å². The van der Waals surface area contributed by atoms with Crippen molar-refractivity contribution < 1.29 is 4.52 Å². The molecule has 0 aliphatic carbocycles. The van der Waals surface area contributed by atoms with Crippen molar-refractivity contribution in [2.45, 2.75) is 19.5 Å². The Morgan fingerprint density at radius 1 is 1.67 bits per heavy atom. The monoisotopic (exact) mass is 170 g/mol. The SMILES string of the molecule is CC(C)[P+](C)(Cl)OCN. The van der Waals surface area contributed by atoms with Crippen molar-refractivity contribution in [3.63, 3.8) is 0 Å². The lowest BCUT2D eigenvalue weighted by atomic mass is 10.6. The Morgan fingerprint density at radius 2 is 2.11 bits per heavy atom. The first kappa shape index (κ1) is 9.64. The van der Waals surface area contributed by atoms with Crippen LogP contribution in [0.15, 0.2) is 0 Å². The molecule has 1 unspecified atom stereocenters. The van der Waals surface area contributed by atoms with Gasteiger partial charge < -0.3 is 5.73 Å². The Labute approximate surface area is 61.9 Å². The van der Waals surface area contributed by atoms with Crippen molar-refractivity contribution in [3.8, 4) is 0 Å². The molecule has 0 aliphatic rings. The molecule has 4 heteroatoms. The molecule has 2 nitrogen and oxygen atoms in total. The Balaban J connectivity index is 3.70. The predicted octanol–water partition coefficient (Wildman–Crippen LogP) is 2.04. The minimum absolute atomic E-state index is 0.228. The first-order valence-electron chi connectivity index (χ1n) is 2.91. The number of rotatable bonds is 3. The van der Waals surface area contributed by atoms with Crippen molar-refractivity contribution in [1.82, 2.24) is 0 Å². The summed E-state index contributed by atoms with van der Waals surface area (Å²) in [6.07, 6.45) is 0. The van der Waals surface area contributed by atoms with Crippen LogP contribution < -0.4 is 5.73 Å². The van der Waals surface area contributed by atoms with Crippen molar-refractivity contribution in [2.24, 2.45) is 5.73 Å². The topological polar surface area (TPSA) is 35.2 Å². The van der Waals surface area contributed by atoms with E-state index in [0.29, 0.717) is 5.66 Å². The van der Waals surface area contributed by atoms with Crippen LogP contribution in [0.3, 0.4) is 0 Å². The van der Waals surface area contributed by atoms with Crippen LogP contribution in [0.1, 0.15) is 13.8 Å². The van der Waals surface area contributed by atoms with Crippen LogP contribution in [0.4, 0.5) is 0 Å². The highest BCUT2D eigenvalue weighted by molar-refractivity contribution is 7.95. The molecule has 0 aromatic heterocycles. The lowest BCUT2D eigenvalue weighted by Crippen LogP contribution is -2.09. The van der Waals surface area contributed by atoms with Crippen molar-refractivity contribution in [2.75, 3.05) is 13.4 Å².